The van der Waals surface area contributed by atoms with E-state index in [0.717, 1.165) is 125 Å². The number of ketones is 1. The largest absolute Gasteiger partial charge is 0.296 e. The van der Waals surface area contributed by atoms with Gasteiger partial charge in [-0.3, -0.25) is 9.59 Å². The zero-order valence-corrected chi connectivity index (χ0v) is 48.4. The molecule has 18 aromatic carbocycles. The molecule has 0 spiro atoms. The van der Waals surface area contributed by atoms with Crippen LogP contribution in [-0.2, 0) is 15.6 Å². The molecule has 0 saturated heterocycles. The van der Waals surface area contributed by atoms with E-state index in [4.69, 9.17) is 11.6 Å². The first-order chi connectivity index (χ1) is 41.7. The van der Waals surface area contributed by atoms with Crippen LogP contribution < -0.4 is 10.6 Å². The SMILES string of the molecule is C[Si](C)(C)c1c2c(=O)c3ccccc3c2c2c3c4ccccc4c4c5c(-c6ccc(Cl)cc6)c6c(c7c8ccccc8c(c75)c(c5c7ccccc7c1c52)c43)[C@@]1(c2ccccc2)C(=O)[C@]6(c2ccccc2)c2c1c1ccccc1c1ccccc21. The fourth-order valence-corrected chi connectivity index (χ4v) is 20.3. The Morgan fingerprint density at radius 3 is 1.07 bits per heavy atom. The molecule has 2 nitrogen and oxygen atoms in total. The van der Waals surface area contributed by atoms with E-state index in [-0.39, 0.29) is 11.2 Å². The fraction of sp³-hybridized carbons (Fsp3) is 0.0617. The molecule has 2 bridgehead atoms. The zero-order chi connectivity index (χ0) is 56.3. The van der Waals surface area contributed by atoms with Crippen LogP contribution in [0.15, 0.2) is 235 Å². The highest BCUT2D eigenvalue weighted by atomic mass is 35.5. The maximum absolute atomic E-state index is 18.3. The van der Waals surface area contributed by atoms with Gasteiger partial charge in [-0.2, -0.15) is 0 Å². The number of benzene rings is 14. The van der Waals surface area contributed by atoms with Crippen molar-refractivity contribution >= 4 is 171 Å². The monoisotopic (exact) mass is 1110 g/mol. The van der Waals surface area contributed by atoms with Crippen molar-refractivity contribution in [2.75, 3.05) is 0 Å². The molecule has 0 amide bonds. The van der Waals surface area contributed by atoms with Crippen LogP contribution in [0.3, 0.4) is 0 Å². The first-order valence-electron chi connectivity index (χ1n) is 29.7. The summed E-state index contributed by atoms with van der Waals surface area (Å²) in [4.78, 5) is 34.0. The molecule has 20 rings (SSSR count). The summed E-state index contributed by atoms with van der Waals surface area (Å²) in [6.45, 7) is 7.27. The van der Waals surface area contributed by atoms with E-state index in [1.165, 1.54) is 64.4 Å². The molecule has 0 fully saturated rings. The third-order valence-electron chi connectivity index (χ3n) is 20.7. The van der Waals surface area contributed by atoms with Crippen molar-refractivity contribution in [3.8, 4) is 11.1 Å². The fourth-order valence-electron chi connectivity index (χ4n) is 18.2. The predicted molar refractivity (Wildman–Crippen MR) is 363 cm³/mol. The number of carbonyl (C=O) groups excluding carboxylic acids is 1. The van der Waals surface area contributed by atoms with Crippen molar-refractivity contribution < 1.29 is 4.79 Å². The Balaban J connectivity index is 1.18. The second-order valence-electron chi connectivity index (χ2n) is 25.4. The number of rotatable bonds is 4. The van der Waals surface area contributed by atoms with E-state index in [9.17, 15) is 0 Å². The van der Waals surface area contributed by atoms with Crippen molar-refractivity contribution in [1.82, 2.24) is 0 Å². The second kappa shape index (κ2) is 15.5. The summed E-state index contributed by atoms with van der Waals surface area (Å²) in [7, 11) is -2.34. The first-order valence-corrected chi connectivity index (χ1v) is 33.6. The van der Waals surface area contributed by atoms with Crippen molar-refractivity contribution in [2.24, 2.45) is 0 Å². The molecule has 0 N–H and O–H groups in total. The van der Waals surface area contributed by atoms with E-state index in [0.29, 0.717) is 5.02 Å². The average molecular weight is 1120 g/mol. The van der Waals surface area contributed by atoms with Crippen LogP contribution in [-0.4, -0.2) is 13.9 Å². The molecule has 2 aliphatic rings. The summed E-state index contributed by atoms with van der Waals surface area (Å²) in [6, 6.07) is 83.4. The summed E-state index contributed by atoms with van der Waals surface area (Å²) >= 11 is 7.06. The summed E-state index contributed by atoms with van der Waals surface area (Å²) in [5.41, 5.74) is 5.69. The third-order valence-corrected chi connectivity index (χ3v) is 23.0. The number of fused-ring (bicyclic) bond motifs is 31. The highest BCUT2D eigenvalue weighted by Gasteiger charge is 2.72. The molecule has 85 heavy (non-hydrogen) atoms. The Hall–Kier alpha value is -9.77. The molecular weight excluding hydrogens is 1070 g/mol. The molecule has 2 atom stereocenters. The predicted octanol–water partition coefficient (Wildman–Crippen LogP) is 20.2. The number of halogens is 1. The maximum atomic E-state index is 18.3. The van der Waals surface area contributed by atoms with Crippen molar-refractivity contribution in [3.63, 3.8) is 0 Å². The van der Waals surface area contributed by atoms with Gasteiger partial charge in [-0.15, -0.1) is 0 Å². The lowest BCUT2D eigenvalue weighted by Crippen LogP contribution is -2.40. The summed E-state index contributed by atoms with van der Waals surface area (Å²) in [5, 5.41) is 31.4. The molecular formula is C81H47ClO2Si. The molecule has 0 aliphatic heterocycles. The third kappa shape index (κ3) is 5.07. The summed E-state index contributed by atoms with van der Waals surface area (Å²) < 4.78 is 0. The van der Waals surface area contributed by atoms with Gasteiger partial charge >= 0.3 is 0 Å². The lowest BCUT2D eigenvalue weighted by Gasteiger charge is -2.37. The van der Waals surface area contributed by atoms with Gasteiger partial charge in [0.15, 0.2) is 11.2 Å². The number of hydrogen-bond acceptors (Lipinski definition) is 2. The average Bonchev–Trinajstić information content (AvgIpc) is 1.46. The molecule has 0 radical (unpaired) electrons. The lowest BCUT2D eigenvalue weighted by molar-refractivity contribution is -0.122. The highest BCUT2D eigenvalue weighted by Crippen LogP contribution is 2.73. The van der Waals surface area contributed by atoms with E-state index >= 15 is 9.59 Å². The van der Waals surface area contributed by atoms with Gasteiger partial charge < -0.3 is 0 Å². The number of carbonyl (C=O) groups is 1. The van der Waals surface area contributed by atoms with Gasteiger partial charge in [0, 0.05) is 26.6 Å². The number of Topliss-reactive ketones (excluding diaryl/α,β-unsaturated/α-hetero) is 1. The minimum atomic E-state index is -2.34. The molecule has 0 unspecified atom stereocenters. The minimum absolute atomic E-state index is 0.126. The van der Waals surface area contributed by atoms with Crippen molar-refractivity contribution in [3.05, 3.63) is 279 Å². The molecule has 4 heteroatoms. The molecule has 2 aliphatic carbocycles. The smallest absolute Gasteiger partial charge is 0.194 e. The van der Waals surface area contributed by atoms with Crippen LogP contribution in [0.2, 0.25) is 24.7 Å². The molecule has 0 heterocycles. The van der Waals surface area contributed by atoms with E-state index in [2.05, 4.69) is 226 Å². The molecule has 394 valence electrons. The van der Waals surface area contributed by atoms with Crippen LogP contribution >= 0.6 is 11.6 Å². The van der Waals surface area contributed by atoms with Gasteiger partial charge in [0.25, 0.3) is 0 Å². The normalized spacial score (nSPS) is 17.1. The summed E-state index contributed by atoms with van der Waals surface area (Å²) in [5.74, 6) is 0.152. The number of hydrogen-bond donors (Lipinski definition) is 0. The molecule has 0 saturated carbocycles. The van der Waals surface area contributed by atoms with E-state index in [1.807, 2.05) is 24.3 Å². The highest BCUT2D eigenvalue weighted by molar-refractivity contribution is 6.93. The van der Waals surface area contributed by atoms with Gasteiger partial charge in [0.1, 0.15) is 10.8 Å². The first kappa shape index (κ1) is 46.7. The van der Waals surface area contributed by atoms with E-state index < -0.39 is 18.9 Å². The Morgan fingerprint density at radius 1 is 0.282 bits per heavy atom. The molecule has 18 aromatic rings. The van der Waals surface area contributed by atoms with Gasteiger partial charge in [-0.25, -0.2) is 0 Å². The summed E-state index contributed by atoms with van der Waals surface area (Å²) in [6.07, 6.45) is 0. The van der Waals surface area contributed by atoms with Gasteiger partial charge in [-0.05, 0) is 180 Å². The van der Waals surface area contributed by atoms with Gasteiger partial charge in [-0.1, -0.05) is 250 Å². The van der Waals surface area contributed by atoms with Gasteiger partial charge in [0.2, 0.25) is 0 Å². The molecule has 0 aromatic heterocycles. The van der Waals surface area contributed by atoms with Gasteiger partial charge in [0.05, 0.1) is 8.07 Å². The zero-order valence-electron chi connectivity index (χ0n) is 46.6. The topological polar surface area (TPSA) is 34.1 Å². The standard InChI is InChI=1S/C81H47ClO2Si/c1-85(2,3)78-65-53-33-17-15-31-51(53)62-68-61-50-30-14-16-32-52(50)64-70(61)66(59-48-28-12-13-29-49(48)60(67(59)68)69(71(62)65)63-54-34-18-21-37-57(54)77(83)72(63)78)58(42-38-40-45(82)41-39-42)75-76(64)81(44-24-8-5-9-25-44)74-56-36-20-11-27-47(56)46-26-10-19-35-55(46)73(74)80(75,79(81)84)43-22-6-4-7-23-43/h4-41H,1-3H3/t80-,81+/m1/s1. The van der Waals surface area contributed by atoms with Crippen LogP contribution in [0.25, 0.3) is 151 Å². The van der Waals surface area contributed by atoms with E-state index in [1.54, 1.807) is 0 Å². The minimum Gasteiger partial charge on any atom is -0.296 e. The van der Waals surface area contributed by atoms with Crippen LogP contribution in [0.5, 0.6) is 0 Å². The maximum Gasteiger partial charge on any atom is 0.194 e. The van der Waals surface area contributed by atoms with Crippen molar-refractivity contribution in [1.29, 1.82) is 0 Å². The Kier molecular flexibility index (Phi) is 8.51. The quantitative estimate of drug-likeness (QED) is 0.1000. The van der Waals surface area contributed by atoms with Crippen LogP contribution in [0.4, 0.5) is 0 Å². The van der Waals surface area contributed by atoms with Crippen molar-refractivity contribution in [2.45, 2.75) is 30.5 Å². The Morgan fingerprint density at radius 2 is 0.612 bits per heavy atom. The Bertz CT molecular complexity index is 6160. The van der Waals surface area contributed by atoms with Crippen LogP contribution in [0, 0.1) is 0 Å². The second-order valence-corrected chi connectivity index (χ2v) is 30.9. The van der Waals surface area contributed by atoms with Crippen LogP contribution in [0.1, 0.15) is 33.4 Å². The lowest BCUT2D eigenvalue weighted by atomic mass is 9.62. The Labute approximate surface area is 493 Å².